The molecule has 0 radical (unpaired) electrons. The molecule has 0 atom stereocenters. The molecule has 0 bridgehead atoms. The van der Waals surface area contributed by atoms with E-state index in [2.05, 4.69) is 5.32 Å². The zero-order chi connectivity index (χ0) is 18.2. The minimum atomic E-state index is -0.117. The highest BCUT2D eigenvalue weighted by Crippen LogP contribution is 2.13. The molecule has 3 amide bonds. The summed E-state index contributed by atoms with van der Waals surface area (Å²) in [5.41, 5.74) is 1.16. The number of hydrogen-bond donors (Lipinski definition) is 1. The van der Waals surface area contributed by atoms with Gasteiger partial charge in [0.2, 0.25) is 0 Å². The van der Waals surface area contributed by atoms with Crippen LogP contribution in [0.5, 0.6) is 5.75 Å². The molecule has 0 aromatic heterocycles. The van der Waals surface area contributed by atoms with Crippen LogP contribution in [0, 0.1) is 6.92 Å². The fourth-order valence-corrected chi connectivity index (χ4v) is 2.96. The van der Waals surface area contributed by atoms with Crippen LogP contribution in [0.3, 0.4) is 0 Å². The van der Waals surface area contributed by atoms with E-state index in [1.54, 1.807) is 0 Å². The molecule has 2 rings (SSSR count). The van der Waals surface area contributed by atoms with Crippen molar-refractivity contribution in [3.63, 3.8) is 0 Å². The van der Waals surface area contributed by atoms with Crippen LogP contribution in [-0.2, 0) is 4.79 Å². The molecule has 6 heteroatoms. The first-order chi connectivity index (χ1) is 12.0. The number of ether oxygens (including phenoxy) is 1. The second-order valence-corrected chi connectivity index (χ2v) is 6.39. The van der Waals surface area contributed by atoms with Gasteiger partial charge in [0.25, 0.3) is 5.91 Å². The highest BCUT2D eigenvalue weighted by Gasteiger charge is 2.25. The second kappa shape index (κ2) is 9.30. The predicted octanol–water partition coefficient (Wildman–Crippen LogP) is 2.42. The number of benzene rings is 1. The van der Waals surface area contributed by atoms with E-state index in [1.165, 1.54) is 0 Å². The summed E-state index contributed by atoms with van der Waals surface area (Å²) in [5, 5.41) is 3.00. The zero-order valence-corrected chi connectivity index (χ0v) is 15.5. The Hall–Kier alpha value is -2.24. The third-order valence-corrected chi connectivity index (χ3v) is 4.56. The number of aryl methyl sites for hydroxylation is 1. The van der Waals surface area contributed by atoms with E-state index in [-0.39, 0.29) is 24.6 Å². The summed E-state index contributed by atoms with van der Waals surface area (Å²) in [7, 11) is 0. The summed E-state index contributed by atoms with van der Waals surface area (Å²) >= 11 is 0. The monoisotopic (exact) mass is 347 g/mol. The van der Waals surface area contributed by atoms with Gasteiger partial charge in [-0.3, -0.25) is 4.79 Å². The van der Waals surface area contributed by atoms with E-state index in [1.807, 2.05) is 54.8 Å². The van der Waals surface area contributed by atoms with Gasteiger partial charge in [-0.25, -0.2) is 4.79 Å². The summed E-state index contributed by atoms with van der Waals surface area (Å²) < 4.78 is 5.50. The molecule has 1 aromatic carbocycles. The van der Waals surface area contributed by atoms with E-state index >= 15 is 0 Å². The summed E-state index contributed by atoms with van der Waals surface area (Å²) in [6, 6.07) is 7.83. The first-order valence-corrected chi connectivity index (χ1v) is 9.06. The third kappa shape index (κ3) is 5.66. The number of hydrogen-bond acceptors (Lipinski definition) is 3. The maximum absolute atomic E-state index is 12.3. The van der Waals surface area contributed by atoms with Gasteiger partial charge >= 0.3 is 6.03 Å². The molecule has 0 spiro atoms. The van der Waals surface area contributed by atoms with Crippen molar-refractivity contribution in [2.45, 2.75) is 39.7 Å². The number of urea groups is 1. The fraction of sp³-hybridized carbons (Fsp3) is 0.579. The first-order valence-electron chi connectivity index (χ1n) is 9.06. The molecule has 1 heterocycles. The Morgan fingerprint density at radius 1 is 1.16 bits per heavy atom. The van der Waals surface area contributed by atoms with E-state index in [0.717, 1.165) is 31.5 Å². The molecule has 1 aliphatic heterocycles. The fourth-order valence-electron chi connectivity index (χ4n) is 2.96. The molecule has 6 nitrogen and oxygen atoms in total. The molecule has 25 heavy (non-hydrogen) atoms. The van der Waals surface area contributed by atoms with Gasteiger partial charge < -0.3 is 19.9 Å². The lowest BCUT2D eigenvalue weighted by atomic mass is 10.1. The molecule has 1 aromatic rings. The van der Waals surface area contributed by atoms with Crippen LogP contribution in [0.4, 0.5) is 4.79 Å². The highest BCUT2D eigenvalue weighted by molar-refractivity contribution is 5.78. The van der Waals surface area contributed by atoms with Gasteiger partial charge in [0.05, 0.1) is 0 Å². The number of rotatable bonds is 6. The first kappa shape index (κ1) is 19.1. The van der Waals surface area contributed by atoms with Gasteiger partial charge in [-0.1, -0.05) is 17.7 Å². The average Bonchev–Trinajstić information content (AvgIpc) is 2.63. The largest absolute Gasteiger partial charge is 0.484 e. The van der Waals surface area contributed by atoms with Gasteiger partial charge in [0, 0.05) is 32.2 Å². The van der Waals surface area contributed by atoms with Crippen molar-refractivity contribution in [2.75, 3.05) is 32.8 Å². The number of nitrogens with one attached hydrogen (secondary N) is 1. The number of carbonyl (C=O) groups is 2. The van der Waals surface area contributed by atoms with Crippen molar-refractivity contribution < 1.29 is 14.3 Å². The molecular formula is C19H29N3O3. The van der Waals surface area contributed by atoms with Gasteiger partial charge in [-0.05, 0) is 45.7 Å². The molecule has 1 aliphatic rings. The standard InChI is InChI=1S/C19H29N3O3/c1-4-21(5-2)19(24)22-12-10-16(11-13-22)20-18(23)14-25-17-8-6-15(3)7-9-17/h6-9,16H,4-5,10-14H2,1-3H3,(H,20,23). The van der Waals surface area contributed by atoms with Crippen LogP contribution >= 0.6 is 0 Å². The van der Waals surface area contributed by atoms with E-state index in [4.69, 9.17) is 4.74 Å². The summed E-state index contributed by atoms with van der Waals surface area (Å²) in [6.07, 6.45) is 1.56. The van der Waals surface area contributed by atoms with Crippen LogP contribution < -0.4 is 10.1 Å². The van der Waals surface area contributed by atoms with Crippen LogP contribution in [0.1, 0.15) is 32.3 Å². The molecule has 0 saturated carbocycles. The number of piperidine rings is 1. The molecule has 1 N–H and O–H groups in total. The maximum Gasteiger partial charge on any atom is 0.319 e. The average molecular weight is 347 g/mol. The van der Waals surface area contributed by atoms with Crippen molar-refractivity contribution in [3.05, 3.63) is 29.8 Å². The number of amides is 3. The number of carbonyl (C=O) groups excluding carboxylic acids is 2. The predicted molar refractivity (Wildman–Crippen MR) is 97.7 cm³/mol. The second-order valence-electron chi connectivity index (χ2n) is 6.39. The van der Waals surface area contributed by atoms with Crippen molar-refractivity contribution in [1.29, 1.82) is 0 Å². The molecule has 1 saturated heterocycles. The molecule has 1 fully saturated rings. The van der Waals surface area contributed by atoms with Crippen LogP contribution in [-0.4, -0.2) is 60.6 Å². The Kier molecular flexibility index (Phi) is 7.10. The molecule has 138 valence electrons. The normalized spacial score (nSPS) is 14.9. The minimum absolute atomic E-state index is 0.0155. The van der Waals surface area contributed by atoms with E-state index in [0.29, 0.717) is 18.8 Å². The van der Waals surface area contributed by atoms with Gasteiger partial charge in [-0.15, -0.1) is 0 Å². The van der Waals surface area contributed by atoms with E-state index in [9.17, 15) is 9.59 Å². The maximum atomic E-state index is 12.3. The Balaban J connectivity index is 1.71. The lowest BCUT2D eigenvalue weighted by Crippen LogP contribution is -2.51. The molecular weight excluding hydrogens is 318 g/mol. The van der Waals surface area contributed by atoms with Gasteiger partial charge in [0.1, 0.15) is 5.75 Å². The highest BCUT2D eigenvalue weighted by atomic mass is 16.5. The zero-order valence-electron chi connectivity index (χ0n) is 15.5. The van der Waals surface area contributed by atoms with Crippen LogP contribution in [0.25, 0.3) is 0 Å². The van der Waals surface area contributed by atoms with Crippen molar-refractivity contribution >= 4 is 11.9 Å². The van der Waals surface area contributed by atoms with Crippen molar-refractivity contribution in [3.8, 4) is 5.75 Å². The summed E-state index contributed by atoms with van der Waals surface area (Å²) in [6.45, 7) is 8.81. The molecule has 0 aliphatic carbocycles. The quantitative estimate of drug-likeness (QED) is 0.860. The number of nitrogens with zero attached hydrogens (tertiary/aromatic N) is 2. The third-order valence-electron chi connectivity index (χ3n) is 4.56. The van der Waals surface area contributed by atoms with Crippen molar-refractivity contribution in [1.82, 2.24) is 15.1 Å². The number of likely N-dealkylation sites (tertiary alicyclic amines) is 1. The Morgan fingerprint density at radius 3 is 2.32 bits per heavy atom. The summed E-state index contributed by atoms with van der Waals surface area (Å²) in [4.78, 5) is 28.1. The van der Waals surface area contributed by atoms with Crippen LogP contribution in [0.15, 0.2) is 24.3 Å². The topological polar surface area (TPSA) is 61.9 Å². The minimum Gasteiger partial charge on any atom is -0.484 e. The SMILES string of the molecule is CCN(CC)C(=O)N1CCC(NC(=O)COc2ccc(C)cc2)CC1. The molecule has 0 unspecified atom stereocenters. The Bertz CT molecular complexity index is 562. The van der Waals surface area contributed by atoms with Crippen LogP contribution in [0.2, 0.25) is 0 Å². The van der Waals surface area contributed by atoms with Crippen molar-refractivity contribution in [2.24, 2.45) is 0 Å². The lowest BCUT2D eigenvalue weighted by Gasteiger charge is -2.35. The lowest BCUT2D eigenvalue weighted by molar-refractivity contribution is -0.124. The summed E-state index contributed by atoms with van der Waals surface area (Å²) in [5.74, 6) is 0.578. The Labute approximate surface area is 150 Å². The van der Waals surface area contributed by atoms with E-state index < -0.39 is 0 Å². The van der Waals surface area contributed by atoms with Gasteiger partial charge in [-0.2, -0.15) is 0 Å². The smallest absolute Gasteiger partial charge is 0.319 e. The Morgan fingerprint density at radius 2 is 1.76 bits per heavy atom. The van der Waals surface area contributed by atoms with Gasteiger partial charge in [0.15, 0.2) is 6.61 Å².